The Morgan fingerprint density at radius 1 is 0.897 bits per heavy atom. The summed E-state index contributed by atoms with van der Waals surface area (Å²) in [5.74, 6) is 0.654. The molecule has 1 aliphatic rings. The fourth-order valence-electron chi connectivity index (χ4n) is 4.01. The van der Waals surface area contributed by atoms with Crippen molar-refractivity contribution < 1.29 is 17.6 Å². The molecule has 29 heavy (non-hydrogen) atoms. The Bertz CT molecular complexity index is 989. The number of nitrogens with zero attached hydrogens (tertiary/aromatic N) is 2. The van der Waals surface area contributed by atoms with E-state index in [9.17, 15) is 13.2 Å². The Kier molecular flexibility index (Phi) is 4.82. The molecule has 0 atom stereocenters. The van der Waals surface area contributed by atoms with Crippen molar-refractivity contribution in [3.05, 3.63) is 96.6 Å². The van der Waals surface area contributed by atoms with Crippen molar-refractivity contribution in [3.63, 3.8) is 0 Å². The van der Waals surface area contributed by atoms with Gasteiger partial charge >= 0.3 is 6.18 Å². The number of halogens is 3. The molecule has 0 fully saturated rings. The summed E-state index contributed by atoms with van der Waals surface area (Å²) in [7, 11) is 0. The van der Waals surface area contributed by atoms with Crippen LogP contribution in [0.4, 0.5) is 13.2 Å². The van der Waals surface area contributed by atoms with E-state index in [1.165, 1.54) is 0 Å². The average molecular weight is 395 g/mol. The largest absolute Gasteiger partial charge is 0.516 e. The van der Waals surface area contributed by atoms with Crippen LogP contribution in [-0.2, 0) is 6.54 Å². The minimum absolute atomic E-state index is 0.299. The molecule has 1 aromatic heterocycles. The number of allylic oxidation sites excluding steroid dienone is 2. The first kappa shape index (κ1) is 19.1. The van der Waals surface area contributed by atoms with E-state index < -0.39 is 18.3 Å². The number of hydrogen-bond donors (Lipinski definition) is 0. The maximum absolute atomic E-state index is 13.8. The molecule has 7 heteroatoms. The number of rotatable bonds is 4. The summed E-state index contributed by atoms with van der Waals surface area (Å²) in [5.41, 5.74) is 1.02. The first-order valence-corrected chi connectivity index (χ1v) is 9.32. The molecule has 0 unspecified atom stereocenters. The molecule has 2 heterocycles. The van der Waals surface area contributed by atoms with Gasteiger partial charge in [-0.25, -0.2) is 0 Å². The molecule has 148 valence electrons. The summed E-state index contributed by atoms with van der Waals surface area (Å²) >= 11 is 0. The molecule has 0 spiro atoms. The number of furan rings is 1. The van der Waals surface area contributed by atoms with Crippen molar-refractivity contribution in [2.24, 2.45) is 4.90 Å². The molecule has 0 saturated carbocycles. The molecule has 0 bridgehead atoms. The van der Waals surface area contributed by atoms with Gasteiger partial charge in [-0.3, -0.25) is 0 Å². The Hall–Kier alpha value is -3.22. The van der Waals surface area contributed by atoms with Crippen LogP contribution in [0.15, 0.2) is 100 Å². The zero-order chi connectivity index (χ0) is 20.5. The van der Waals surface area contributed by atoms with Gasteiger partial charge in [0, 0.05) is 6.54 Å². The second-order valence-corrected chi connectivity index (χ2v) is 7.10. The highest BCUT2D eigenvalue weighted by Gasteiger charge is 2.43. The lowest BCUT2D eigenvalue weighted by Gasteiger charge is -2.54. The van der Waals surface area contributed by atoms with E-state index in [0.29, 0.717) is 28.9 Å². The summed E-state index contributed by atoms with van der Waals surface area (Å²) < 4.78 is 46.9. The Labute approximate surface area is 167 Å². The first-order chi connectivity index (χ1) is 13.9. The van der Waals surface area contributed by atoms with Crippen molar-refractivity contribution in [3.8, 4) is 0 Å². The summed E-state index contributed by atoms with van der Waals surface area (Å²) in [4.78, 5) is 6.31. The van der Waals surface area contributed by atoms with Gasteiger partial charge in [0.15, 0.2) is 0 Å². The number of alkyl halides is 3. The summed E-state index contributed by atoms with van der Waals surface area (Å²) in [6, 6.07) is 21.9. The van der Waals surface area contributed by atoms with Crippen LogP contribution >= 0.6 is 0 Å². The molecule has 2 aromatic carbocycles. The maximum atomic E-state index is 13.8. The standard InChI is InChI=1S/C22H19BF3N2O/c1-17-15-21(22(24,25)26)27-23(18-9-4-2-5-10-18,19-11-6-3-7-12-19)28(17)16-20-13-8-14-29-20/h2-15H,16H2,1H3/q-1. The van der Waals surface area contributed by atoms with Crippen LogP contribution < -0.4 is 10.9 Å². The quantitative estimate of drug-likeness (QED) is 0.618. The van der Waals surface area contributed by atoms with E-state index in [1.807, 2.05) is 71.5 Å². The zero-order valence-corrected chi connectivity index (χ0v) is 15.8. The van der Waals surface area contributed by atoms with Crippen LogP contribution in [0, 0.1) is 0 Å². The molecular weight excluding hydrogens is 376 g/mol. The van der Waals surface area contributed by atoms with Crippen molar-refractivity contribution >= 4 is 23.1 Å². The van der Waals surface area contributed by atoms with Gasteiger partial charge in [-0.1, -0.05) is 60.7 Å². The van der Waals surface area contributed by atoms with E-state index in [2.05, 4.69) is 4.90 Å². The van der Waals surface area contributed by atoms with E-state index in [4.69, 9.17) is 4.42 Å². The minimum Gasteiger partial charge on any atom is -0.516 e. The lowest BCUT2D eigenvalue weighted by Crippen LogP contribution is -2.70. The second kappa shape index (κ2) is 7.31. The van der Waals surface area contributed by atoms with Crippen LogP contribution in [0.2, 0.25) is 0 Å². The van der Waals surface area contributed by atoms with Crippen molar-refractivity contribution in [2.75, 3.05) is 0 Å². The average Bonchev–Trinajstić information content (AvgIpc) is 3.23. The highest BCUT2D eigenvalue weighted by atomic mass is 19.4. The topological polar surface area (TPSA) is 28.7 Å². The molecule has 3 nitrogen and oxygen atoms in total. The van der Waals surface area contributed by atoms with Crippen LogP contribution in [0.5, 0.6) is 0 Å². The lowest BCUT2D eigenvalue weighted by molar-refractivity contribution is -0.0577. The maximum Gasteiger partial charge on any atom is 0.429 e. The van der Waals surface area contributed by atoms with E-state index in [1.54, 1.807) is 19.3 Å². The van der Waals surface area contributed by atoms with Crippen LogP contribution in [-0.4, -0.2) is 23.1 Å². The van der Waals surface area contributed by atoms with Crippen molar-refractivity contribution in [1.82, 2.24) is 4.81 Å². The summed E-state index contributed by atoms with van der Waals surface area (Å²) in [5, 5.41) is 0. The molecule has 4 rings (SSSR count). The van der Waals surface area contributed by atoms with E-state index in [0.717, 1.165) is 6.08 Å². The second-order valence-electron chi connectivity index (χ2n) is 7.10. The third-order valence-corrected chi connectivity index (χ3v) is 5.30. The predicted octanol–water partition coefficient (Wildman–Crippen LogP) is 4.26. The SMILES string of the molecule is CC1=CC(C(F)(F)F)=N[B-](c2ccccc2)(c2ccccc2)N1Cc1ccco1. The Balaban J connectivity index is 2.01. The fourth-order valence-corrected chi connectivity index (χ4v) is 4.01. The molecule has 0 saturated heterocycles. The van der Waals surface area contributed by atoms with E-state index in [-0.39, 0.29) is 0 Å². The van der Waals surface area contributed by atoms with Crippen molar-refractivity contribution in [2.45, 2.75) is 19.6 Å². The lowest BCUT2D eigenvalue weighted by atomic mass is 9.35. The zero-order valence-electron chi connectivity index (χ0n) is 15.8. The molecule has 0 aliphatic carbocycles. The monoisotopic (exact) mass is 395 g/mol. The Morgan fingerprint density at radius 2 is 1.48 bits per heavy atom. The van der Waals surface area contributed by atoms with E-state index >= 15 is 0 Å². The van der Waals surface area contributed by atoms with Gasteiger partial charge in [-0.2, -0.15) is 24.1 Å². The molecular formula is C22H19BF3N2O-. The van der Waals surface area contributed by atoms with Gasteiger partial charge in [0.25, 0.3) is 6.42 Å². The molecule has 0 radical (unpaired) electrons. The Morgan fingerprint density at radius 3 is 1.97 bits per heavy atom. The molecule has 1 aliphatic heterocycles. The molecule has 3 aromatic rings. The van der Waals surface area contributed by atoms with Crippen molar-refractivity contribution in [1.29, 1.82) is 0 Å². The third kappa shape index (κ3) is 3.48. The molecule has 0 amide bonds. The smallest absolute Gasteiger partial charge is 0.429 e. The third-order valence-electron chi connectivity index (χ3n) is 5.30. The first-order valence-electron chi connectivity index (χ1n) is 9.32. The van der Waals surface area contributed by atoms with Gasteiger partial charge < -0.3 is 14.1 Å². The summed E-state index contributed by atoms with van der Waals surface area (Å²) in [6.45, 7) is 1.99. The van der Waals surface area contributed by atoms with Gasteiger partial charge in [-0.05, 0) is 30.8 Å². The normalized spacial score (nSPS) is 16.3. The van der Waals surface area contributed by atoms with Gasteiger partial charge in [0.2, 0.25) is 0 Å². The van der Waals surface area contributed by atoms with Crippen LogP contribution in [0.1, 0.15) is 12.7 Å². The minimum atomic E-state index is -4.55. The number of hydrogen-bond acceptors (Lipinski definition) is 3. The summed E-state index contributed by atoms with van der Waals surface area (Å²) in [6.07, 6.45) is -4.16. The van der Waals surface area contributed by atoms with Crippen LogP contribution in [0.25, 0.3) is 0 Å². The predicted molar refractivity (Wildman–Crippen MR) is 109 cm³/mol. The highest BCUT2D eigenvalue weighted by Crippen LogP contribution is 2.31. The van der Waals surface area contributed by atoms with Gasteiger partial charge in [0.05, 0.1) is 12.0 Å². The van der Waals surface area contributed by atoms with Gasteiger partial charge in [0.1, 0.15) is 5.76 Å². The number of benzene rings is 2. The van der Waals surface area contributed by atoms with Gasteiger partial charge in [-0.15, -0.1) is 0 Å². The van der Waals surface area contributed by atoms with Crippen LogP contribution in [0.3, 0.4) is 0 Å². The fraction of sp³-hybridized carbons (Fsp3) is 0.136. The highest BCUT2D eigenvalue weighted by molar-refractivity contribution is 7.00. The molecule has 0 N–H and O–H groups in total.